The SMILES string of the molecule is O=[N+]([O-])c1ccc(S(=O)(=O)N[C@@H]2c3ccccc3C=C[C@H]2OCc2ccc3c(c2)OCO3)cc1. The van der Waals surface area contributed by atoms with Crippen LogP contribution in [0.1, 0.15) is 22.7 Å². The predicted octanol–water partition coefficient (Wildman–Crippen LogP) is 3.96. The Bertz CT molecular complexity index is 1370. The van der Waals surface area contributed by atoms with E-state index in [1.54, 1.807) is 0 Å². The van der Waals surface area contributed by atoms with E-state index in [2.05, 4.69) is 4.72 Å². The van der Waals surface area contributed by atoms with Crippen LogP contribution in [0.3, 0.4) is 0 Å². The van der Waals surface area contributed by atoms with Crippen LogP contribution in [0.2, 0.25) is 0 Å². The van der Waals surface area contributed by atoms with Crippen molar-refractivity contribution < 1.29 is 27.6 Å². The molecule has 1 N–H and O–H groups in total. The molecule has 5 rings (SSSR count). The van der Waals surface area contributed by atoms with Crippen LogP contribution in [-0.2, 0) is 21.4 Å². The van der Waals surface area contributed by atoms with Crippen LogP contribution in [0.5, 0.6) is 11.5 Å². The van der Waals surface area contributed by atoms with Gasteiger partial charge in [0.15, 0.2) is 11.5 Å². The molecule has 0 radical (unpaired) electrons. The van der Waals surface area contributed by atoms with Crippen LogP contribution in [0, 0.1) is 10.1 Å². The van der Waals surface area contributed by atoms with Gasteiger partial charge in [-0.25, -0.2) is 13.1 Å². The van der Waals surface area contributed by atoms with Crippen LogP contribution in [0.4, 0.5) is 5.69 Å². The summed E-state index contributed by atoms with van der Waals surface area (Å²) in [5.41, 5.74) is 2.32. The standard InChI is InChI=1S/C24H20N2O7S/c27-26(28)18-7-9-19(10-8-18)34(29,30)25-24-20-4-2-1-3-17(20)6-12-22(24)31-14-16-5-11-21-23(13-16)33-15-32-21/h1-13,22,24-25H,14-15H2/t22-,24-/m1/s1. The van der Waals surface area contributed by atoms with Crippen molar-refractivity contribution in [3.8, 4) is 11.5 Å². The molecule has 2 aliphatic rings. The summed E-state index contributed by atoms with van der Waals surface area (Å²) in [7, 11) is -3.99. The van der Waals surface area contributed by atoms with E-state index in [-0.39, 0.29) is 24.0 Å². The van der Waals surface area contributed by atoms with E-state index in [1.165, 1.54) is 12.1 Å². The third-order valence-electron chi connectivity index (χ3n) is 5.64. The fourth-order valence-corrected chi connectivity index (χ4v) is 5.15. The molecule has 0 aromatic heterocycles. The van der Waals surface area contributed by atoms with Crippen molar-refractivity contribution in [2.45, 2.75) is 23.6 Å². The third kappa shape index (κ3) is 4.38. The van der Waals surface area contributed by atoms with Gasteiger partial charge >= 0.3 is 0 Å². The van der Waals surface area contributed by atoms with E-state index in [4.69, 9.17) is 14.2 Å². The molecule has 9 nitrogen and oxygen atoms in total. The summed E-state index contributed by atoms with van der Waals surface area (Å²) in [6.45, 7) is 0.401. The molecule has 1 aliphatic carbocycles. The van der Waals surface area contributed by atoms with E-state index >= 15 is 0 Å². The second-order valence-corrected chi connectivity index (χ2v) is 9.52. The highest BCUT2D eigenvalue weighted by Gasteiger charge is 2.31. The first-order valence-electron chi connectivity index (χ1n) is 10.4. The first-order chi connectivity index (χ1) is 16.4. The number of hydrogen-bond donors (Lipinski definition) is 1. The maximum atomic E-state index is 13.1. The summed E-state index contributed by atoms with van der Waals surface area (Å²) in [5, 5.41) is 10.9. The minimum Gasteiger partial charge on any atom is -0.454 e. The number of rotatable bonds is 7. The minimum atomic E-state index is -3.99. The van der Waals surface area contributed by atoms with Crippen molar-refractivity contribution in [3.05, 3.63) is 99.6 Å². The Morgan fingerprint density at radius 1 is 1.03 bits per heavy atom. The van der Waals surface area contributed by atoms with Gasteiger partial charge in [-0.1, -0.05) is 42.5 Å². The molecule has 3 aromatic rings. The summed E-state index contributed by atoms with van der Waals surface area (Å²) in [5.74, 6) is 1.31. The summed E-state index contributed by atoms with van der Waals surface area (Å²) in [4.78, 5) is 10.3. The highest BCUT2D eigenvalue weighted by atomic mass is 32.2. The van der Waals surface area contributed by atoms with Crippen LogP contribution in [0.15, 0.2) is 77.7 Å². The van der Waals surface area contributed by atoms with Crippen molar-refractivity contribution in [1.82, 2.24) is 4.72 Å². The number of hydrogen-bond acceptors (Lipinski definition) is 7. The molecule has 0 bridgehead atoms. The molecule has 0 spiro atoms. The third-order valence-corrected chi connectivity index (χ3v) is 7.10. The van der Waals surface area contributed by atoms with E-state index in [0.717, 1.165) is 28.8 Å². The van der Waals surface area contributed by atoms with Crippen molar-refractivity contribution >= 4 is 21.8 Å². The molecule has 10 heteroatoms. The van der Waals surface area contributed by atoms with Gasteiger partial charge in [-0.05, 0) is 41.0 Å². The molecule has 34 heavy (non-hydrogen) atoms. The first kappa shape index (κ1) is 22.1. The average Bonchev–Trinajstić information content (AvgIpc) is 3.31. The molecule has 0 fully saturated rings. The average molecular weight is 480 g/mol. The molecular formula is C24H20N2O7S. The molecule has 2 atom stereocenters. The summed E-state index contributed by atoms with van der Waals surface area (Å²) in [6.07, 6.45) is 3.13. The largest absolute Gasteiger partial charge is 0.454 e. The van der Waals surface area contributed by atoms with Gasteiger partial charge in [0.25, 0.3) is 5.69 Å². The Morgan fingerprint density at radius 2 is 1.79 bits per heavy atom. The van der Waals surface area contributed by atoms with Gasteiger partial charge in [0, 0.05) is 12.1 Å². The van der Waals surface area contributed by atoms with Gasteiger partial charge in [0.1, 0.15) is 0 Å². The van der Waals surface area contributed by atoms with E-state index in [9.17, 15) is 18.5 Å². The lowest BCUT2D eigenvalue weighted by Gasteiger charge is -2.30. The van der Waals surface area contributed by atoms with Crippen LogP contribution in [-0.4, -0.2) is 26.2 Å². The smallest absolute Gasteiger partial charge is 0.269 e. The normalized spacial score (nSPS) is 18.5. The van der Waals surface area contributed by atoms with E-state index in [1.807, 2.05) is 54.6 Å². The number of non-ortho nitro benzene ring substituents is 1. The van der Waals surface area contributed by atoms with Crippen molar-refractivity contribution in [1.29, 1.82) is 0 Å². The molecule has 174 valence electrons. The number of nitrogens with zero attached hydrogens (tertiary/aromatic N) is 1. The zero-order valence-electron chi connectivity index (χ0n) is 17.8. The molecule has 0 unspecified atom stereocenters. The zero-order chi connectivity index (χ0) is 23.7. The van der Waals surface area contributed by atoms with Gasteiger partial charge in [0.05, 0.1) is 28.6 Å². The Labute approximate surface area is 195 Å². The highest BCUT2D eigenvalue weighted by Crippen LogP contribution is 2.35. The van der Waals surface area contributed by atoms with Crippen molar-refractivity contribution in [2.75, 3.05) is 6.79 Å². The summed E-state index contributed by atoms with van der Waals surface area (Å²) in [6, 6.07) is 17.0. The topological polar surface area (TPSA) is 117 Å². The molecule has 1 aliphatic heterocycles. The zero-order valence-corrected chi connectivity index (χ0v) is 18.6. The number of fused-ring (bicyclic) bond motifs is 2. The Kier molecular flexibility index (Phi) is 5.78. The van der Waals surface area contributed by atoms with Gasteiger partial charge in [-0.15, -0.1) is 0 Å². The lowest BCUT2D eigenvalue weighted by atomic mass is 9.91. The summed E-state index contributed by atoms with van der Waals surface area (Å²) >= 11 is 0. The van der Waals surface area contributed by atoms with Crippen LogP contribution in [0.25, 0.3) is 6.08 Å². The Balaban J connectivity index is 1.39. The fourth-order valence-electron chi connectivity index (χ4n) is 3.92. The number of sulfonamides is 1. The first-order valence-corrected chi connectivity index (χ1v) is 11.9. The van der Waals surface area contributed by atoms with Gasteiger partial charge in [-0.3, -0.25) is 10.1 Å². The quantitative estimate of drug-likeness (QED) is 0.402. The lowest BCUT2D eigenvalue weighted by molar-refractivity contribution is -0.384. The number of benzene rings is 3. The van der Waals surface area contributed by atoms with Crippen molar-refractivity contribution in [3.63, 3.8) is 0 Å². The molecule has 1 heterocycles. The van der Waals surface area contributed by atoms with E-state index < -0.39 is 27.1 Å². The lowest BCUT2D eigenvalue weighted by Crippen LogP contribution is -2.38. The van der Waals surface area contributed by atoms with Gasteiger partial charge in [-0.2, -0.15) is 0 Å². The maximum Gasteiger partial charge on any atom is 0.269 e. The number of nitrogens with one attached hydrogen (secondary N) is 1. The van der Waals surface area contributed by atoms with E-state index in [0.29, 0.717) is 11.5 Å². The van der Waals surface area contributed by atoms with Crippen LogP contribution >= 0.6 is 0 Å². The van der Waals surface area contributed by atoms with Gasteiger partial charge < -0.3 is 14.2 Å². The Hall–Kier alpha value is -3.73. The molecule has 0 saturated carbocycles. The van der Waals surface area contributed by atoms with Gasteiger partial charge in [0.2, 0.25) is 16.8 Å². The second kappa shape index (κ2) is 8.90. The minimum absolute atomic E-state index is 0.0698. The maximum absolute atomic E-state index is 13.1. The molecule has 0 amide bonds. The number of nitro groups is 1. The molecule has 3 aromatic carbocycles. The summed E-state index contributed by atoms with van der Waals surface area (Å²) < 4.78 is 45.9. The monoisotopic (exact) mass is 480 g/mol. The fraction of sp³-hybridized carbons (Fsp3) is 0.167. The second-order valence-electron chi connectivity index (χ2n) is 7.80. The predicted molar refractivity (Wildman–Crippen MR) is 123 cm³/mol. The number of ether oxygens (including phenoxy) is 3. The van der Waals surface area contributed by atoms with Crippen LogP contribution < -0.4 is 14.2 Å². The molecular weight excluding hydrogens is 460 g/mol. The molecule has 0 saturated heterocycles. The number of nitro benzene ring substituents is 1. The Morgan fingerprint density at radius 3 is 2.59 bits per heavy atom. The highest BCUT2D eigenvalue weighted by molar-refractivity contribution is 7.89. The van der Waals surface area contributed by atoms with Crippen molar-refractivity contribution in [2.24, 2.45) is 0 Å².